The van der Waals surface area contributed by atoms with Crippen LogP contribution in [-0.4, -0.2) is 14.8 Å². The van der Waals surface area contributed by atoms with E-state index in [0.717, 1.165) is 12.1 Å². The minimum atomic E-state index is -0.292. The molecule has 2 rings (SSSR count). The third-order valence-electron chi connectivity index (χ3n) is 3.32. The lowest BCUT2D eigenvalue weighted by atomic mass is 10.1. The Morgan fingerprint density at radius 2 is 2.15 bits per heavy atom. The second kappa shape index (κ2) is 6.57. The molecule has 108 valence electrons. The zero-order chi connectivity index (χ0) is 14.7. The molecular formula is C14H18Cl2N4. The van der Waals surface area contributed by atoms with Crippen LogP contribution in [0.25, 0.3) is 0 Å². The number of hydrogen-bond donors (Lipinski definition) is 1. The number of halogens is 2. The molecular weight excluding hydrogens is 295 g/mol. The van der Waals surface area contributed by atoms with Crippen molar-refractivity contribution in [2.45, 2.75) is 38.8 Å². The molecule has 2 N–H and O–H groups in total. The van der Waals surface area contributed by atoms with Gasteiger partial charge in [0, 0.05) is 24.9 Å². The molecule has 0 aromatic carbocycles. The maximum atomic E-state index is 6.16. The van der Waals surface area contributed by atoms with Crippen LogP contribution in [-0.2, 0) is 6.42 Å². The van der Waals surface area contributed by atoms with E-state index in [9.17, 15) is 0 Å². The first-order valence-electron chi connectivity index (χ1n) is 6.61. The molecule has 2 heterocycles. The Hall–Kier alpha value is -1.10. The second-order valence-electron chi connectivity index (χ2n) is 4.88. The molecule has 0 spiro atoms. The van der Waals surface area contributed by atoms with Gasteiger partial charge in [-0.3, -0.25) is 9.67 Å². The highest BCUT2D eigenvalue weighted by atomic mass is 35.5. The highest BCUT2D eigenvalue weighted by Crippen LogP contribution is 2.24. The Bertz CT molecular complexity index is 582. The lowest BCUT2D eigenvalue weighted by Crippen LogP contribution is -2.16. The van der Waals surface area contributed by atoms with Crippen LogP contribution in [0.15, 0.2) is 24.5 Å². The summed E-state index contributed by atoms with van der Waals surface area (Å²) < 4.78 is 1.96. The van der Waals surface area contributed by atoms with E-state index in [-0.39, 0.29) is 6.04 Å². The average molecular weight is 313 g/mol. The molecule has 20 heavy (non-hydrogen) atoms. The summed E-state index contributed by atoms with van der Waals surface area (Å²) in [6, 6.07) is 3.73. The van der Waals surface area contributed by atoms with Crippen LogP contribution in [0.4, 0.5) is 0 Å². The number of hydrogen-bond acceptors (Lipinski definition) is 3. The molecule has 2 unspecified atom stereocenters. The van der Waals surface area contributed by atoms with Crippen LogP contribution < -0.4 is 5.73 Å². The second-order valence-corrected chi connectivity index (χ2v) is 5.72. The maximum absolute atomic E-state index is 6.16. The van der Waals surface area contributed by atoms with Crippen molar-refractivity contribution in [1.82, 2.24) is 14.8 Å². The van der Waals surface area contributed by atoms with Crippen molar-refractivity contribution in [3.8, 4) is 0 Å². The van der Waals surface area contributed by atoms with Crippen molar-refractivity contribution in [2.75, 3.05) is 0 Å². The first-order valence-corrected chi connectivity index (χ1v) is 7.37. The van der Waals surface area contributed by atoms with E-state index < -0.39 is 0 Å². The van der Waals surface area contributed by atoms with Gasteiger partial charge in [0.15, 0.2) is 0 Å². The van der Waals surface area contributed by atoms with E-state index in [1.54, 1.807) is 12.3 Å². The third-order valence-corrected chi connectivity index (χ3v) is 3.83. The van der Waals surface area contributed by atoms with Gasteiger partial charge in [-0.05, 0) is 25.5 Å². The summed E-state index contributed by atoms with van der Waals surface area (Å²) >= 11 is 11.9. The zero-order valence-corrected chi connectivity index (χ0v) is 13.1. The predicted octanol–water partition coefficient (Wildman–Crippen LogP) is 3.80. The van der Waals surface area contributed by atoms with Crippen molar-refractivity contribution in [1.29, 1.82) is 0 Å². The Morgan fingerprint density at radius 3 is 2.80 bits per heavy atom. The van der Waals surface area contributed by atoms with E-state index in [0.29, 0.717) is 28.2 Å². The minimum Gasteiger partial charge on any atom is -0.322 e. The SMILES string of the molecule is CCC(C)n1ccc(CC(N)c2ncc(Cl)cc2Cl)n1. The zero-order valence-electron chi connectivity index (χ0n) is 11.6. The average Bonchev–Trinajstić information content (AvgIpc) is 2.86. The minimum absolute atomic E-state index is 0.292. The van der Waals surface area contributed by atoms with Crippen molar-refractivity contribution in [2.24, 2.45) is 5.73 Å². The molecule has 0 bridgehead atoms. The van der Waals surface area contributed by atoms with Gasteiger partial charge in [0.2, 0.25) is 0 Å². The Kier molecular flexibility index (Phi) is 5.02. The summed E-state index contributed by atoms with van der Waals surface area (Å²) in [5.74, 6) is 0. The molecule has 0 aliphatic heterocycles. The van der Waals surface area contributed by atoms with E-state index >= 15 is 0 Å². The van der Waals surface area contributed by atoms with Gasteiger partial charge in [-0.2, -0.15) is 5.10 Å². The van der Waals surface area contributed by atoms with Gasteiger partial charge in [0.05, 0.1) is 27.5 Å². The molecule has 0 aliphatic rings. The molecule has 4 nitrogen and oxygen atoms in total. The summed E-state index contributed by atoms with van der Waals surface area (Å²) in [4.78, 5) is 4.21. The Morgan fingerprint density at radius 1 is 1.40 bits per heavy atom. The molecule has 0 aliphatic carbocycles. The molecule has 6 heteroatoms. The van der Waals surface area contributed by atoms with Crippen LogP contribution in [0.2, 0.25) is 10.0 Å². The molecule has 2 aromatic heterocycles. The normalized spacial score (nSPS) is 14.2. The van der Waals surface area contributed by atoms with Gasteiger partial charge in [0.25, 0.3) is 0 Å². The summed E-state index contributed by atoms with van der Waals surface area (Å²) in [7, 11) is 0. The largest absolute Gasteiger partial charge is 0.322 e. The molecule has 0 saturated carbocycles. The number of aromatic nitrogens is 3. The number of rotatable bonds is 5. The van der Waals surface area contributed by atoms with Gasteiger partial charge in [-0.1, -0.05) is 30.1 Å². The van der Waals surface area contributed by atoms with Gasteiger partial charge in [-0.25, -0.2) is 0 Å². The fourth-order valence-electron chi connectivity index (χ4n) is 1.94. The van der Waals surface area contributed by atoms with Crippen LogP contribution in [0.1, 0.15) is 43.7 Å². The highest BCUT2D eigenvalue weighted by Gasteiger charge is 2.15. The molecule has 0 saturated heterocycles. The van der Waals surface area contributed by atoms with Crippen LogP contribution in [0, 0.1) is 0 Å². The summed E-state index contributed by atoms with van der Waals surface area (Å²) in [5, 5.41) is 5.53. The standard InChI is InChI=1S/C14H18Cl2N4/c1-3-9(2)20-5-4-11(19-20)7-13(17)14-12(16)6-10(15)8-18-14/h4-6,8-9,13H,3,7,17H2,1-2H3. The van der Waals surface area contributed by atoms with E-state index in [2.05, 4.69) is 23.9 Å². The van der Waals surface area contributed by atoms with Crippen LogP contribution >= 0.6 is 23.2 Å². The number of pyridine rings is 1. The van der Waals surface area contributed by atoms with Crippen molar-refractivity contribution >= 4 is 23.2 Å². The third kappa shape index (κ3) is 3.51. The van der Waals surface area contributed by atoms with Crippen molar-refractivity contribution < 1.29 is 0 Å². The lowest BCUT2D eigenvalue weighted by molar-refractivity contribution is 0.471. The van der Waals surface area contributed by atoms with Crippen LogP contribution in [0.5, 0.6) is 0 Å². The first-order chi connectivity index (χ1) is 9.51. The van der Waals surface area contributed by atoms with E-state index in [1.807, 2.05) is 16.9 Å². The summed E-state index contributed by atoms with van der Waals surface area (Å²) in [5.41, 5.74) is 7.74. The fraction of sp³-hybridized carbons (Fsp3) is 0.429. The van der Waals surface area contributed by atoms with Gasteiger partial charge in [-0.15, -0.1) is 0 Å². The van der Waals surface area contributed by atoms with Gasteiger partial charge in [0.1, 0.15) is 0 Å². The molecule has 0 amide bonds. The molecule has 0 fully saturated rings. The first kappa shape index (κ1) is 15.3. The number of nitrogens with zero attached hydrogens (tertiary/aromatic N) is 3. The quantitative estimate of drug-likeness (QED) is 0.913. The molecule has 2 atom stereocenters. The van der Waals surface area contributed by atoms with Crippen LogP contribution in [0.3, 0.4) is 0 Å². The smallest absolute Gasteiger partial charge is 0.0761 e. The van der Waals surface area contributed by atoms with Gasteiger partial charge >= 0.3 is 0 Å². The monoisotopic (exact) mass is 312 g/mol. The maximum Gasteiger partial charge on any atom is 0.0761 e. The van der Waals surface area contributed by atoms with E-state index in [4.69, 9.17) is 28.9 Å². The van der Waals surface area contributed by atoms with Crippen molar-refractivity contribution in [3.05, 3.63) is 46.0 Å². The Balaban J connectivity index is 2.11. The van der Waals surface area contributed by atoms with E-state index in [1.165, 1.54) is 0 Å². The number of nitrogens with two attached hydrogens (primary N) is 1. The Labute approximate surface area is 128 Å². The van der Waals surface area contributed by atoms with Gasteiger partial charge < -0.3 is 5.73 Å². The topological polar surface area (TPSA) is 56.7 Å². The highest BCUT2D eigenvalue weighted by molar-refractivity contribution is 6.34. The summed E-state index contributed by atoms with van der Waals surface area (Å²) in [6.07, 6.45) is 5.17. The predicted molar refractivity (Wildman–Crippen MR) is 82.1 cm³/mol. The van der Waals surface area contributed by atoms with Crippen molar-refractivity contribution in [3.63, 3.8) is 0 Å². The molecule has 0 radical (unpaired) electrons. The summed E-state index contributed by atoms with van der Waals surface area (Å²) in [6.45, 7) is 4.27. The molecule has 2 aromatic rings. The lowest BCUT2D eigenvalue weighted by Gasteiger charge is -2.12. The fourth-order valence-corrected chi connectivity index (χ4v) is 2.46.